The highest BCUT2D eigenvalue weighted by Crippen LogP contribution is 2.27. The largest absolute Gasteiger partial charge is 0.290 e. The van der Waals surface area contributed by atoms with Crippen LogP contribution in [0.1, 0.15) is 11.1 Å². The van der Waals surface area contributed by atoms with Crippen LogP contribution in [0.2, 0.25) is 0 Å². The lowest BCUT2D eigenvalue weighted by Gasteiger charge is -2.08. The Kier molecular flexibility index (Phi) is 4.80. The highest BCUT2D eigenvalue weighted by atomic mass is 32.2. The number of aromatic nitrogens is 2. The molecule has 0 atom stereocenters. The zero-order chi connectivity index (χ0) is 18.8. The summed E-state index contributed by atoms with van der Waals surface area (Å²) in [5, 5.41) is 12.5. The van der Waals surface area contributed by atoms with Gasteiger partial charge in [-0.3, -0.25) is 9.36 Å². The van der Waals surface area contributed by atoms with Gasteiger partial charge in [-0.15, -0.1) is 11.3 Å². The molecule has 0 fully saturated rings. The summed E-state index contributed by atoms with van der Waals surface area (Å²) in [4.78, 5) is 17.8. The van der Waals surface area contributed by atoms with Crippen molar-refractivity contribution in [2.45, 2.75) is 10.9 Å². The first-order valence-corrected chi connectivity index (χ1v) is 10.2. The molecule has 4 rings (SSSR count). The third kappa shape index (κ3) is 3.39. The van der Waals surface area contributed by atoms with Crippen LogP contribution in [-0.2, 0) is 12.8 Å². The highest BCUT2D eigenvalue weighted by Gasteiger charge is 2.10. The van der Waals surface area contributed by atoms with Crippen LogP contribution in [0.15, 0.2) is 69.9 Å². The maximum absolute atomic E-state index is 12.4. The van der Waals surface area contributed by atoms with Crippen molar-refractivity contribution in [3.05, 3.63) is 81.5 Å². The van der Waals surface area contributed by atoms with Crippen molar-refractivity contribution in [1.29, 1.82) is 5.26 Å². The second-order valence-electron chi connectivity index (χ2n) is 6.04. The molecule has 2 aromatic carbocycles. The van der Waals surface area contributed by atoms with E-state index in [1.54, 1.807) is 23.4 Å². The van der Waals surface area contributed by atoms with E-state index in [0.717, 1.165) is 27.3 Å². The van der Waals surface area contributed by atoms with Crippen molar-refractivity contribution in [2.75, 3.05) is 0 Å². The molecule has 2 heterocycles. The zero-order valence-corrected chi connectivity index (χ0v) is 16.2. The lowest BCUT2D eigenvalue weighted by Crippen LogP contribution is -2.19. The van der Waals surface area contributed by atoms with Gasteiger partial charge in [0.2, 0.25) is 0 Å². The Morgan fingerprint density at radius 1 is 1.15 bits per heavy atom. The third-order valence-corrected chi connectivity index (χ3v) is 6.25. The Morgan fingerprint density at radius 3 is 2.70 bits per heavy atom. The lowest BCUT2D eigenvalue weighted by molar-refractivity contribution is 0.728. The summed E-state index contributed by atoms with van der Waals surface area (Å²) in [6, 6.07) is 19.8. The molecule has 0 saturated carbocycles. The fraction of sp³-hybridized carbons (Fsp3) is 0.0952. The number of nitriles is 1. The van der Waals surface area contributed by atoms with Crippen molar-refractivity contribution in [1.82, 2.24) is 9.55 Å². The van der Waals surface area contributed by atoms with Crippen LogP contribution in [0.5, 0.6) is 0 Å². The molecule has 0 spiro atoms. The number of thioether (sulfide) groups is 1. The maximum Gasteiger partial charge on any atom is 0.262 e. The normalized spacial score (nSPS) is 10.8. The summed E-state index contributed by atoms with van der Waals surface area (Å²) in [6.07, 6.45) is 0. The summed E-state index contributed by atoms with van der Waals surface area (Å²) >= 11 is 3.03. The number of nitrogens with zero attached hydrogens (tertiary/aromatic N) is 3. The molecule has 0 N–H and O–H groups in total. The molecule has 4 nitrogen and oxygen atoms in total. The number of fused-ring (bicyclic) bond motifs is 1. The van der Waals surface area contributed by atoms with Gasteiger partial charge in [-0.05, 0) is 34.2 Å². The summed E-state index contributed by atoms with van der Waals surface area (Å²) in [6.45, 7) is 0. The van der Waals surface area contributed by atoms with Crippen molar-refractivity contribution in [2.24, 2.45) is 7.05 Å². The van der Waals surface area contributed by atoms with Crippen LogP contribution < -0.4 is 5.56 Å². The molecule has 0 aliphatic rings. The second-order valence-corrected chi connectivity index (χ2v) is 7.88. The zero-order valence-electron chi connectivity index (χ0n) is 14.5. The second kappa shape index (κ2) is 7.39. The van der Waals surface area contributed by atoms with Crippen LogP contribution in [0, 0.1) is 11.3 Å². The standard InChI is InChI=1S/C21H15N3OS2/c1-24-20(25)18-10-11-26-19(18)23-21(24)27-13-14-6-8-15(9-7-14)17-5-3-2-4-16(17)12-22/h2-11H,13H2,1H3. The first-order chi connectivity index (χ1) is 13.2. The van der Waals surface area contributed by atoms with Gasteiger partial charge < -0.3 is 0 Å². The summed E-state index contributed by atoms with van der Waals surface area (Å²) in [5.74, 6) is 0.720. The summed E-state index contributed by atoms with van der Waals surface area (Å²) < 4.78 is 1.61. The first kappa shape index (κ1) is 17.5. The SMILES string of the molecule is Cn1c(SCc2ccc(-c3ccccc3C#N)cc2)nc2sccc2c1=O. The van der Waals surface area contributed by atoms with E-state index in [4.69, 9.17) is 0 Å². The molecule has 0 amide bonds. The Hall–Kier alpha value is -2.88. The topological polar surface area (TPSA) is 58.7 Å². The Morgan fingerprint density at radius 2 is 1.93 bits per heavy atom. The van der Waals surface area contributed by atoms with E-state index in [1.165, 1.54) is 11.3 Å². The van der Waals surface area contributed by atoms with Gasteiger partial charge in [0.15, 0.2) is 5.16 Å². The van der Waals surface area contributed by atoms with E-state index >= 15 is 0 Å². The molecule has 0 aliphatic heterocycles. The molecule has 132 valence electrons. The van der Waals surface area contributed by atoms with Gasteiger partial charge >= 0.3 is 0 Å². The summed E-state index contributed by atoms with van der Waals surface area (Å²) in [7, 11) is 1.76. The van der Waals surface area contributed by atoms with Gasteiger partial charge in [0.1, 0.15) is 4.83 Å². The van der Waals surface area contributed by atoms with Gasteiger partial charge in [0.05, 0.1) is 17.0 Å². The fourth-order valence-corrected chi connectivity index (χ4v) is 4.60. The Bertz CT molecular complexity index is 1220. The van der Waals surface area contributed by atoms with E-state index in [-0.39, 0.29) is 5.56 Å². The number of thiophene rings is 1. The van der Waals surface area contributed by atoms with Crippen molar-refractivity contribution >= 4 is 33.3 Å². The predicted molar refractivity (Wildman–Crippen MR) is 111 cm³/mol. The minimum Gasteiger partial charge on any atom is -0.290 e. The number of rotatable bonds is 4. The molecular weight excluding hydrogens is 374 g/mol. The lowest BCUT2D eigenvalue weighted by atomic mass is 10.00. The van der Waals surface area contributed by atoms with Gasteiger partial charge in [-0.2, -0.15) is 5.26 Å². The first-order valence-electron chi connectivity index (χ1n) is 8.33. The van der Waals surface area contributed by atoms with Crippen molar-refractivity contribution in [3.63, 3.8) is 0 Å². The molecule has 0 bridgehead atoms. The number of hydrogen-bond donors (Lipinski definition) is 0. The monoisotopic (exact) mass is 389 g/mol. The van der Waals surface area contributed by atoms with Crippen molar-refractivity contribution in [3.8, 4) is 17.2 Å². The number of hydrogen-bond acceptors (Lipinski definition) is 5. The van der Waals surface area contributed by atoms with Crippen LogP contribution >= 0.6 is 23.1 Å². The van der Waals surface area contributed by atoms with Crippen LogP contribution in [0.3, 0.4) is 0 Å². The molecule has 2 aromatic heterocycles. The smallest absolute Gasteiger partial charge is 0.262 e. The predicted octanol–water partition coefficient (Wildman–Crippen LogP) is 4.83. The van der Waals surface area contributed by atoms with Crippen molar-refractivity contribution < 1.29 is 0 Å². The number of benzene rings is 2. The average molecular weight is 390 g/mol. The van der Waals surface area contributed by atoms with E-state index < -0.39 is 0 Å². The minimum absolute atomic E-state index is 0.00721. The van der Waals surface area contributed by atoms with E-state index in [0.29, 0.717) is 16.1 Å². The van der Waals surface area contributed by atoms with E-state index in [1.807, 2.05) is 47.8 Å². The van der Waals surface area contributed by atoms with Gasteiger partial charge in [-0.1, -0.05) is 54.2 Å². The Balaban J connectivity index is 1.55. The average Bonchev–Trinajstić information content (AvgIpc) is 3.19. The molecule has 0 unspecified atom stereocenters. The molecule has 6 heteroatoms. The van der Waals surface area contributed by atoms with Gasteiger partial charge in [0.25, 0.3) is 5.56 Å². The van der Waals surface area contributed by atoms with Crippen LogP contribution in [-0.4, -0.2) is 9.55 Å². The molecule has 0 saturated heterocycles. The van der Waals surface area contributed by atoms with Crippen LogP contribution in [0.4, 0.5) is 0 Å². The Labute approximate surface area is 164 Å². The highest BCUT2D eigenvalue weighted by molar-refractivity contribution is 7.98. The van der Waals surface area contributed by atoms with Crippen LogP contribution in [0.25, 0.3) is 21.3 Å². The maximum atomic E-state index is 12.4. The fourth-order valence-electron chi connectivity index (χ4n) is 2.87. The minimum atomic E-state index is -0.00721. The quantitative estimate of drug-likeness (QED) is 0.371. The summed E-state index contributed by atoms with van der Waals surface area (Å²) in [5.41, 5.74) is 3.76. The molecule has 0 aliphatic carbocycles. The van der Waals surface area contributed by atoms with E-state index in [9.17, 15) is 10.1 Å². The molecule has 27 heavy (non-hydrogen) atoms. The molecule has 4 aromatic rings. The molecular formula is C21H15N3OS2. The third-order valence-electron chi connectivity index (χ3n) is 4.34. The van der Waals surface area contributed by atoms with Gasteiger partial charge in [-0.25, -0.2) is 4.98 Å². The molecule has 0 radical (unpaired) electrons. The van der Waals surface area contributed by atoms with E-state index in [2.05, 4.69) is 23.2 Å². The van der Waals surface area contributed by atoms with Gasteiger partial charge in [0, 0.05) is 12.8 Å².